The van der Waals surface area contributed by atoms with E-state index in [1.54, 1.807) is 30.5 Å². The Morgan fingerprint density at radius 2 is 1.43 bits per heavy atom. The van der Waals surface area contributed by atoms with Crippen LogP contribution in [-0.2, 0) is 48.1 Å². The summed E-state index contributed by atoms with van der Waals surface area (Å²) in [5.41, 5.74) is -3.23. The summed E-state index contributed by atoms with van der Waals surface area (Å²) in [6.45, 7) is 2.74. The Morgan fingerprint density at radius 3 is 1.95 bits per heavy atom. The fourth-order valence-corrected chi connectivity index (χ4v) is 10.5. The number of aliphatic hydroxyl groups excluding tert-OH is 1. The van der Waals surface area contributed by atoms with Gasteiger partial charge in [0.2, 0.25) is 5.91 Å². The molecular formula is C54H64F10N8O8. The van der Waals surface area contributed by atoms with Crippen molar-refractivity contribution in [1.82, 2.24) is 35.4 Å². The molecule has 0 saturated carbocycles. The number of anilines is 1. The van der Waals surface area contributed by atoms with Gasteiger partial charge in [0.15, 0.2) is 5.78 Å². The van der Waals surface area contributed by atoms with Gasteiger partial charge in [-0.3, -0.25) is 29.4 Å². The van der Waals surface area contributed by atoms with Crippen LogP contribution in [-0.4, -0.2) is 150 Å². The molecule has 2 bridgehead atoms. The summed E-state index contributed by atoms with van der Waals surface area (Å²) in [7, 11) is 1.72. The number of alkyl halides is 8. The first-order valence-electron chi connectivity index (χ1n) is 25.8. The van der Waals surface area contributed by atoms with Crippen LogP contribution >= 0.6 is 0 Å². The van der Waals surface area contributed by atoms with E-state index in [0.29, 0.717) is 67.5 Å². The standard InChI is InChI=1S/C54H64F10N8O8/c1-51(2,53(59,60)61)39(21-47(75)78-5)49(76)68-71(25-38-40(55)18-33(19-41(38)56)42-15-16-70(67-42)27-45(57)58)26-44(74)34(20-43(73)48(66-50(77)79-6)52(3,4)54(62,63)64)17-30-7-9-31(10-8-30)32-11-14-46(65-22-32)69-23-35-12-13-36(24-69)72(35)37-28-80-29-37/h7-11,14-16,18-19,22,34-37,39,44-45,48,74H,12-13,17,20-21,23-29H2,1-6H3,(H,66,77)(H,68,76)/t34-,35?,36?,39-,44+,48-/m1/s1. The van der Waals surface area contributed by atoms with Crippen LogP contribution in [0.3, 0.4) is 0 Å². The van der Waals surface area contributed by atoms with Crippen molar-refractivity contribution in [2.45, 2.75) is 122 Å². The van der Waals surface area contributed by atoms with Gasteiger partial charge in [-0.1, -0.05) is 38.1 Å². The molecular weight excluding hydrogens is 1080 g/mol. The highest BCUT2D eigenvalue weighted by Gasteiger charge is 2.57. The summed E-state index contributed by atoms with van der Waals surface area (Å²) >= 11 is 0. The van der Waals surface area contributed by atoms with E-state index in [2.05, 4.69) is 29.8 Å². The third kappa shape index (κ3) is 14.0. The number of fused-ring (bicyclic) bond motifs is 2. The maximum absolute atomic E-state index is 16.2. The molecule has 0 aliphatic carbocycles. The summed E-state index contributed by atoms with van der Waals surface area (Å²) in [4.78, 5) is 63.0. The van der Waals surface area contributed by atoms with Gasteiger partial charge < -0.3 is 29.5 Å². The minimum absolute atomic E-state index is 0.133. The lowest BCUT2D eigenvalue weighted by Crippen LogP contribution is -2.62. The van der Waals surface area contributed by atoms with Crippen LogP contribution in [0.2, 0.25) is 0 Å². The number of carbonyl (C=O) groups is 4. The fourth-order valence-electron chi connectivity index (χ4n) is 10.5. The molecule has 6 atom stereocenters. The summed E-state index contributed by atoms with van der Waals surface area (Å²) in [6, 6.07) is 12.0. The van der Waals surface area contributed by atoms with Crippen molar-refractivity contribution in [1.29, 1.82) is 0 Å². The van der Waals surface area contributed by atoms with Crippen molar-refractivity contribution in [3.8, 4) is 22.4 Å². The number of ketones is 1. The fraction of sp³-hybridized carbons (Fsp3) is 0.556. The Labute approximate surface area is 455 Å². The number of carbonyl (C=O) groups excluding carboxylic acids is 4. The minimum Gasteiger partial charge on any atom is -0.469 e. The number of pyridine rings is 1. The number of Topliss-reactive ketones (excluding diaryl/α,β-unsaturated/α-hetero) is 1. The Balaban J connectivity index is 1.20. The van der Waals surface area contributed by atoms with Crippen LogP contribution in [0.25, 0.3) is 22.4 Å². The topological polar surface area (TPSA) is 181 Å². The molecule has 5 heterocycles. The number of nitrogens with zero attached hydrogens (tertiary/aromatic N) is 6. The number of aliphatic hydroxyl groups is 1. The highest BCUT2D eigenvalue weighted by atomic mass is 19.4. The predicted octanol–water partition coefficient (Wildman–Crippen LogP) is 8.30. The molecule has 0 radical (unpaired) electrons. The van der Waals surface area contributed by atoms with Crippen LogP contribution in [0.1, 0.15) is 64.5 Å². The normalized spacial score (nSPS) is 18.9. The number of nitrogens with one attached hydrogen (secondary N) is 2. The van der Waals surface area contributed by atoms with Gasteiger partial charge in [0, 0.05) is 73.8 Å². The average molecular weight is 1140 g/mol. The molecule has 80 heavy (non-hydrogen) atoms. The molecule has 3 aliphatic rings. The lowest BCUT2D eigenvalue weighted by atomic mass is 9.75. The molecule has 438 valence electrons. The summed E-state index contributed by atoms with van der Waals surface area (Å²) in [5.74, 6) is -9.70. The first-order chi connectivity index (χ1) is 37.5. The van der Waals surface area contributed by atoms with Gasteiger partial charge >= 0.3 is 24.4 Å². The van der Waals surface area contributed by atoms with Gasteiger partial charge in [-0.25, -0.2) is 32.3 Å². The lowest BCUT2D eigenvalue weighted by Gasteiger charge is -2.48. The van der Waals surface area contributed by atoms with E-state index in [1.165, 1.54) is 6.07 Å². The van der Waals surface area contributed by atoms with Gasteiger partial charge in [-0.2, -0.15) is 31.4 Å². The average Bonchev–Trinajstić information content (AvgIpc) is 3.95. The van der Waals surface area contributed by atoms with Crippen molar-refractivity contribution >= 4 is 29.6 Å². The molecule has 2 amide bonds. The number of ether oxygens (including phenoxy) is 3. The zero-order valence-electron chi connectivity index (χ0n) is 44.7. The Bertz CT molecular complexity index is 2770. The number of rotatable bonds is 23. The van der Waals surface area contributed by atoms with E-state index >= 15 is 8.78 Å². The number of methoxy groups -OCH3 is 2. The van der Waals surface area contributed by atoms with Crippen molar-refractivity contribution in [2.75, 3.05) is 52.0 Å². The van der Waals surface area contributed by atoms with Gasteiger partial charge in [0.05, 0.1) is 68.4 Å². The summed E-state index contributed by atoms with van der Waals surface area (Å²) in [5, 5.41) is 18.7. The van der Waals surface area contributed by atoms with E-state index in [1.807, 2.05) is 17.4 Å². The van der Waals surface area contributed by atoms with E-state index in [-0.39, 0.29) is 17.7 Å². The van der Waals surface area contributed by atoms with Crippen molar-refractivity contribution < 1.29 is 82.4 Å². The van der Waals surface area contributed by atoms with Crippen LogP contribution in [0.15, 0.2) is 67.0 Å². The zero-order chi connectivity index (χ0) is 58.6. The Kier molecular flexibility index (Phi) is 19.0. The first kappa shape index (κ1) is 61.2. The number of halogens is 10. The number of aromatic nitrogens is 3. The minimum atomic E-state index is -5.15. The van der Waals surface area contributed by atoms with Crippen LogP contribution < -0.4 is 15.6 Å². The summed E-state index contributed by atoms with van der Waals surface area (Å²) in [6.07, 6.45) is -13.9. The van der Waals surface area contributed by atoms with Crippen molar-refractivity contribution in [3.63, 3.8) is 0 Å². The maximum Gasteiger partial charge on any atom is 0.407 e. The molecule has 4 aromatic rings. The quantitative estimate of drug-likeness (QED) is 0.0367. The van der Waals surface area contributed by atoms with Gasteiger partial charge in [-0.05, 0) is 80.5 Å². The Hall–Kier alpha value is -6.38. The van der Waals surface area contributed by atoms with E-state index in [4.69, 9.17) is 9.72 Å². The lowest BCUT2D eigenvalue weighted by molar-refractivity contribution is -0.231. The zero-order valence-corrected chi connectivity index (χ0v) is 44.7. The third-order valence-electron chi connectivity index (χ3n) is 15.6. The van der Waals surface area contributed by atoms with Gasteiger partial charge in [-0.15, -0.1) is 0 Å². The molecule has 3 aliphatic heterocycles. The SMILES string of the molecule is COC(=O)C[C@H](C(=O)NN(Cc1c(F)cc(-c2ccn(CC(F)F)n2)cc1F)C[C@H](O)[C@@H](CC(=O)[C@@H](NC(=O)OC)C(C)(C)C(F)(F)F)Cc1ccc(-c2ccc(N3CC4CCC(C3)N4C3COC3)nc2)cc1)C(C)(C)C(F)(F)F. The molecule has 2 aromatic heterocycles. The number of hydrogen-bond acceptors (Lipinski definition) is 13. The van der Waals surface area contributed by atoms with Crippen molar-refractivity contribution in [3.05, 3.63) is 89.8 Å². The van der Waals surface area contributed by atoms with Gasteiger partial charge in [0.1, 0.15) is 30.0 Å². The molecule has 3 fully saturated rings. The van der Waals surface area contributed by atoms with E-state index in [9.17, 15) is 59.4 Å². The van der Waals surface area contributed by atoms with E-state index in [0.717, 1.165) is 82.2 Å². The molecule has 2 unspecified atom stereocenters. The number of benzene rings is 2. The maximum atomic E-state index is 16.2. The molecule has 3 N–H and O–H groups in total. The Morgan fingerprint density at radius 1 is 0.812 bits per heavy atom. The van der Waals surface area contributed by atoms with Crippen molar-refractivity contribution in [2.24, 2.45) is 22.7 Å². The number of piperazine rings is 1. The summed E-state index contributed by atoms with van der Waals surface area (Å²) < 4.78 is 162. The third-order valence-corrected chi connectivity index (χ3v) is 15.6. The number of hydrogen-bond donors (Lipinski definition) is 3. The second-order valence-corrected chi connectivity index (χ2v) is 21.7. The smallest absolute Gasteiger partial charge is 0.407 e. The number of alkyl carbamates (subject to hydrolysis) is 1. The number of hydrazine groups is 1. The number of amides is 2. The molecule has 26 heteroatoms. The van der Waals surface area contributed by atoms with Crippen LogP contribution in [0, 0.1) is 34.3 Å². The molecule has 3 saturated heterocycles. The highest BCUT2D eigenvalue weighted by Crippen LogP contribution is 2.46. The molecule has 7 rings (SSSR count). The first-order valence-corrected chi connectivity index (χ1v) is 25.8. The molecule has 16 nitrogen and oxygen atoms in total. The molecule has 0 spiro atoms. The van der Waals surface area contributed by atoms with Crippen LogP contribution in [0.5, 0.6) is 0 Å². The largest absolute Gasteiger partial charge is 0.469 e. The second-order valence-electron chi connectivity index (χ2n) is 21.7. The predicted molar refractivity (Wildman–Crippen MR) is 269 cm³/mol. The van der Waals surface area contributed by atoms with E-state index < -0.39 is 127 Å². The second kappa shape index (κ2) is 24.8. The monoisotopic (exact) mass is 1140 g/mol. The van der Waals surface area contributed by atoms with Crippen LogP contribution in [0.4, 0.5) is 54.5 Å². The molecule has 2 aromatic carbocycles. The highest BCUT2D eigenvalue weighted by molar-refractivity contribution is 5.88. The number of esters is 1. The van der Waals surface area contributed by atoms with Gasteiger partial charge in [0.25, 0.3) is 6.43 Å².